The highest BCUT2D eigenvalue weighted by atomic mass is 32.1. The van der Waals surface area contributed by atoms with Gasteiger partial charge in [-0.2, -0.15) is 0 Å². The largest absolute Gasteiger partial charge is 0.356 e. The van der Waals surface area contributed by atoms with Gasteiger partial charge in [-0.15, -0.1) is 11.3 Å². The van der Waals surface area contributed by atoms with Crippen LogP contribution in [0, 0.1) is 6.92 Å². The molecular weight excluding hydrogens is 382 g/mol. The van der Waals surface area contributed by atoms with Crippen LogP contribution in [0.5, 0.6) is 0 Å². The Morgan fingerprint density at radius 2 is 1.86 bits per heavy atom. The number of anilines is 1. The summed E-state index contributed by atoms with van der Waals surface area (Å²) in [6.07, 6.45) is 1.54. The van der Waals surface area contributed by atoms with Gasteiger partial charge in [0.25, 0.3) is 0 Å². The normalized spacial score (nSPS) is 14.5. The fourth-order valence-corrected chi connectivity index (χ4v) is 4.09. The van der Waals surface area contributed by atoms with Gasteiger partial charge >= 0.3 is 0 Å². The average molecular weight is 401 g/mol. The Morgan fingerprint density at radius 3 is 2.59 bits per heavy atom. The fourth-order valence-electron chi connectivity index (χ4n) is 3.47. The SMILES string of the molecule is Cc1nc(-c2cccc(NC(=O)C3(c4cc(-c5ccccc5)on4)CC3)c2)cs1. The van der Waals surface area contributed by atoms with Crippen LogP contribution in [0.1, 0.15) is 23.5 Å². The molecule has 0 saturated heterocycles. The molecule has 1 fully saturated rings. The third-order valence-electron chi connectivity index (χ3n) is 5.28. The lowest BCUT2D eigenvalue weighted by Gasteiger charge is -2.13. The number of benzene rings is 2. The molecule has 6 heteroatoms. The number of hydrogen-bond acceptors (Lipinski definition) is 5. The molecule has 1 amide bonds. The molecule has 1 N–H and O–H groups in total. The standard InChI is InChI=1S/C23H19N3O2S/c1-15-24-19(14-29-15)17-8-5-9-18(12-17)25-22(27)23(10-11-23)21-13-20(28-26-21)16-6-3-2-4-7-16/h2-9,12-14H,10-11H2,1H3,(H,25,27). The molecule has 1 saturated carbocycles. The number of aromatic nitrogens is 2. The third-order valence-corrected chi connectivity index (χ3v) is 6.05. The van der Waals surface area contributed by atoms with Crippen LogP contribution in [-0.2, 0) is 10.2 Å². The second-order valence-electron chi connectivity index (χ2n) is 7.31. The monoisotopic (exact) mass is 401 g/mol. The minimum Gasteiger partial charge on any atom is -0.356 e. The molecule has 0 atom stereocenters. The number of amides is 1. The Morgan fingerprint density at radius 1 is 1.07 bits per heavy atom. The van der Waals surface area contributed by atoms with Crippen LogP contribution in [0.15, 0.2) is 70.6 Å². The highest BCUT2D eigenvalue weighted by molar-refractivity contribution is 7.09. The molecule has 0 unspecified atom stereocenters. The average Bonchev–Trinajstić information content (AvgIpc) is 3.19. The first kappa shape index (κ1) is 17.8. The number of carbonyl (C=O) groups is 1. The minimum absolute atomic E-state index is 0.0444. The van der Waals surface area contributed by atoms with E-state index in [0.717, 1.165) is 40.4 Å². The zero-order valence-corrected chi connectivity index (χ0v) is 16.7. The molecule has 0 bridgehead atoms. The first-order valence-electron chi connectivity index (χ1n) is 9.51. The van der Waals surface area contributed by atoms with Crippen LogP contribution in [-0.4, -0.2) is 16.0 Å². The number of nitrogens with one attached hydrogen (secondary N) is 1. The molecule has 5 rings (SSSR count). The van der Waals surface area contributed by atoms with E-state index in [2.05, 4.69) is 15.5 Å². The predicted octanol–water partition coefficient (Wildman–Crippen LogP) is 5.44. The van der Waals surface area contributed by atoms with Gasteiger partial charge in [-0.25, -0.2) is 4.98 Å². The van der Waals surface area contributed by atoms with Crippen LogP contribution >= 0.6 is 11.3 Å². The van der Waals surface area contributed by atoms with Crippen LogP contribution < -0.4 is 5.32 Å². The van der Waals surface area contributed by atoms with E-state index >= 15 is 0 Å². The minimum atomic E-state index is -0.607. The quantitative estimate of drug-likeness (QED) is 0.483. The van der Waals surface area contributed by atoms with Crippen molar-refractivity contribution in [2.24, 2.45) is 0 Å². The maximum absolute atomic E-state index is 13.1. The number of aryl methyl sites for hydroxylation is 1. The molecule has 1 aliphatic rings. The molecule has 2 aromatic heterocycles. The van der Waals surface area contributed by atoms with Crippen molar-refractivity contribution in [1.82, 2.24) is 10.1 Å². The number of hydrogen-bond donors (Lipinski definition) is 1. The van der Waals surface area contributed by atoms with E-state index in [1.807, 2.05) is 73.0 Å². The molecule has 2 heterocycles. The number of rotatable bonds is 5. The Hall–Kier alpha value is -3.25. The van der Waals surface area contributed by atoms with Crippen LogP contribution in [0.4, 0.5) is 5.69 Å². The highest BCUT2D eigenvalue weighted by Crippen LogP contribution is 2.49. The molecule has 5 nitrogen and oxygen atoms in total. The molecule has 29 heavy (non-hydrogen) atoms. The summed E-state index contributed by atoms with van der Waals surface area (Å²) in [5.74, 6) is 0.637. The lowest BCUT2D eigenvalue weighted by molar-refractivity contribution is -0.118. The van der Waals surface area contributed by atoms with E-state index in [-0.39, 0.29) is 5.91 Å². The number of carbonyl (C=O) groups excluding carboxylic acids is 1. The molecule has 0 spiro atoms. The second kappa shape index (κ2) is 6.97. The zero-order valence-electron chi connectivity index (χ0n) is 15.9. The molecule has 1 aliphatic carbocycles. The molecular formula is C23H19N3O2S. The maximum Gasteiger partial charge on any atom is 0.236 e. The van der Waals surface area contributed by atoms with E-state index in [4.69, 9.17) is 4.52 Å². The van der Waals surface area contributed by atoms with Gasteiger partial charge in [-0.05, 0) is 31.9 Å². The molecule has 0 radical (unpaired) electrons. The molecule has 144 valence electrons. The maximum atomic E-state index is 13.1. The van der Waals surface area contributed by atoms with Crippen LogP contribution in [0.2, 0.25) is 0 Å². The van der Waals surface area contributed by atoms with Crippen molar-refractivity contribution in [3.8, 4) is 22.6 Å². The number of nitrogens with zero attached hydrogens (tertiary/aromatic N) is 2. The third kappa shape index (κ3) is 3.36. The van der Waals surface area contributed by atoms with Gasteiger partial charge in [-0.3, -0.25) is 4.79 Å². The second-order valence-corrected chi connectivity index (χ2v) is 8.37. The van der Waals surface area contributed by atoms with Crippen molar-refractivity contribution >= 4 is 22.9 Å². The van der Waals surface area contributed by atoms with Crippen LogP contribution in [0.25, 0.3) is 22.6 Å². The topological polar surface area (TPSA) is 68.0 Å². The zero-order chi connectivity index (χ0) is 19.8. The van der Waals surface area contributed by atoms with Crippen molar-refractivity contribution in [3.63, 3.8) is 0 Å². The molecule has 0 aliphatic heterocycles. The summed E-state index contributed by atoms with van der Waals surface area (Å²) in [5.41, 5.74) is 3.72. The van der Waals surface area contributed by atoms with E-state index < -0.39 is 5.41 Å². The van der Waals surface area contributed by atoms with Crippen molar-refractivity contribution in [2.45, 2.75) is 25.2 Å². The highest BCUT2D eigenvalue weighted by Gasteiger charge is 2.53. The van der Waals surface area contributed by atoms with Gasteiger partial charge in [0.15, 0.2) is 5.76 Å². The molecule has 2 aromatic carbocycles. The van der Waals surface area contributed by atoms with Gasteiger partial charge in [0.1, 0.15) is 0 Å². The summed E-state index contributed by atoms with van der Waals surface area (Å²) in [6.45, 7) is 1.98. The Bertz CT molecular complexity index is 1180. The molecule has 4 aromatic rings. The van der Waals surface area contributed by atoms with Crippen molar-refractivity contribution < 1.29 is 9.32 Å². The first-order valence-corrected chi connectivity index (χ1v) is 10.4. The van der Waals surface area contributed by atoms with Gasteiger partial charge < -0.3 is 9.84 Å². The summed E-state index contributed by atoms with van der Waals surface area (Å²) in [5, 5.41) is 10.3. The number of thiazole rings is 1. The summed E-state index contributed by atoms with van der Waals surface area (Å²) in [4.78, 5) is 17.6. The Labute approximate surface area is 172 Å². The van der Waals surface area contributed by atoms with Crippen molar-refractivity contribution in [1.29, 1.82) is 0 Å². The van der Waals surface area contributed by atoms with E-state index in [1.165, 1.54) is 0 Å². The van der Waals surface area contributed by atoms with Crippen molar-refractivity contribution in [3.05, 3.63) is 76.7 Å². The van der Waals surface area contributed by atoms with Gasteiger partial charge in [0, 0.05) is 28.3 Å². The lowest BCUT2D eigenvalue weighted by atomic mass is 10.00. The van der Waals surface area contributed by atoms with E-state index in [1.54, 1.807) is 11.3 Å². The van der Waals surface area contributed by atoms with Gasteiger partial charge in [-0.1, -0.05) is 47.6 Å². The summed E-state index contributed by atoms with van der Waals surface area (Å²) in [7, 11) is 0. The predicted molar refractivity (Wildman–Crippen MR) is 114 cm³/mol. The fraction of sp³-hybridized carbons (Fsp3) is 0.174. The summed E-state index contributed by atoms with van der Waals surface area (Å²) >= 11 is 1.61. The van der Waals surface area contributed by atoms with Crippen molar-refractivity contribution in [2.75, 3.05) is 5.32 Å². The van der Waals surface area contributed by atoms with Gasteiger partial charge in [0.05, 0.1) is 21.8 Å². The Balaban J connectivity index is 1.37. The lowest BCUT2D eigenvalue weighted by Crippen LogP contribution is -2.28. The smallest absolute Gasteiger partial charge is 0.236 e. The Kier molecular flexibility index (Phi) is 4.28. The summed E-state index contributed by atoms with van der Waals surface area (Å²) < 4.78 is 5.52. The van der Waals surface area contributed by atoms with E-state index in [0.29, 0.717) is 11.5 Å². The first-order chi connectivity index (χ1) is 14.1. The van der Waals surface area contributed by atoms with Crippen LogP contribution in [0.3, 0.4) is 0 Å². The summed E-state index contributed by atoms with van der Waals surface area (Å²) in [6, 6.07) is 19.5. The van der Waals surface area contributed by atoms with E-state index in [9.17, 15) is 4.79 Å². The van der Waals surface area contributed by atoms with Gasteiger partial charge in [0.2, 0.25) is 5.91 Å².